The lowest BCUT2D eigenvalue weighted by Gasteiger charge is -2.16. The summed E-state index contributed by atoms with van der Waals surface area (Å²) in [6.07, 6.45) is 3.51. The van der Waals surface area contributed by atoms with Gasteiger partial charge < -0.3 is 9.15 Å². The van der Waals surface area contributed by atoms with E-state index in [-0.39, 0.29) is 11.2 Å². The first-order valence-electron chi connectivity index (χ1n) is 7.26. The molecule has 22 heavy (non-hydrogen) atoms. The molecular weight excluding hydrogens is 320 g/mol. The van der Waals surface area contributed by atoms with Crippen LogP contribution in [0, 0.1) is 5.92 Å². The van der Waals surface area contributed by atoms with Crippen LogP contribution >= 0.6 is 23.1 Å². The first-order valence-corrected chi connectivity index (χ1v) is 8.96. The Balaban J connectivity index is 1.75. The zero-order valence-corrected chi connectivity index (χ0v) is 14.4. The Morgan fingerprint density at radius 3 is 3.14 bits per heavy atom. The van der Waals surface area contributed by atoms with Gasteiger partial charge in [-0.15, -0.1) is 21.5 Å². The van der Waals surface area contributed by atoms with Gasteiger partial charge >= 0.3 is 5.97 Å². The first kappa shape index (κ1) is 15.6. The van der Waals surface area contributed by atoms with Gasteiger partial charge in [-0.3, -0.25) is 4.79 Å². The van der Waals surface area contributed by atoms with Crippen molar-refractivity contribution in [3.8, 4) is 10.8 Å². The largest absolute Gasteiger partial charge is 0.468 e. The lowest BCUT2D eigenvalue weighted by atomic mass is 9.90. The molecule has 0 unspecified atom stereocenters. The van der Waals surface area contributed by atoms with Gasteiger partial charge in [0, 0.05) is 4.88 Å². The van der Waals surface area contributed by atoms with E-state index in [0.717, 1.165) is 23.6 Å². The summed E-state index contributed by atoms with van der Waals surface area (Å²) >= 11 is 2.95. The molecule has 0 saturated heterocycles. The molecule has 0 spiro atoms. The zero-order valence-electron chi connectivity index (χ0n) is 12.8. The van der Waals surface area contributed by atoms with Gasteiger partial charge in [-0.05, 0) is 43.7 Å². The molecule has 0 aromatic carbocycles. The van der Waals surface area contributed by atoms with Gasteiger partial charge in [0.15, 0.2) is 0 Å². The van der Waals surface area contributed by atoms with Gasteiger partial charge in [0.1, 0.15) is 5.25 Å². The van der Waals surface area contributed by atoms with Crippen LogP contribution in [0.15, 0.2) is 15.7 Å². The molecule has 1 aliphatic rings. The number of aryl methyl sites for hydroxylation is 1. The molecule has 118 valence electrons. The highest BCUT2D eigenvalue weighted by Gasteiger charge is 2.22. The quantitative estimate of drug-likeness (QED) is 0.627. The van der Waals surface area contributed by atoms with Crippen molar-refractivity contribution in [1.29, 1.82) is 0 Å². The molecule has 0 N–H and O–H groups in total. The fourth-order valence-electron chi connectivity index (χ4n) is 2.53. The summed E-state index contributed by atoms with van der Waals surface area (Å²) in [5.41, 5.74) is 1.41. The number of hydrogen-bond acceptors (Lipinski definition) is 7. The van der Waals surface area contributed by atoms with Crippen molar-refractivity contribution in [2.24, 2.45) is 5.92 Å². The van der Waals surface area contributed by atoms with E-state index in [1.165, 1.54) is 35.7 Å². The molecule has 2 heterocycles. The second kappa shape index (κ2) is 6.42. The van der Waals surface area contributed by atoms with Crippen molar-refractivity contribution < 1.29 is 13.9 Å². The van der Waals surface area contributed by atoms with Gasteiger partial charge in [0.05, 0.1) is 12.0 Å². The number of ether oxygens (including phenoxy) is 1. The maximum Gasteiger partial charge on any atom is 0.319 e. The lowest BCUT2D eigenvalue weighted by Crippen LogP contribution is -2.14. The number of rotatable bonds is 4. The van der Waals surface area contributed by atoms with E-state index in [2.05, 4.69) is 23.2 Å². The van der Waals surface area contributed by atoms with Crippen LogP contribution in [0.1, 0.15) is 30.7 Å². The number of fused-ring (bicyclic) bond motifs is 1. The van der Waals surface area contributed by atoms with Gasteiger partial charge in [0.25, 0.3) is 11.1 Å². The molecule has 0 aliphatic heterocycles. The molecule has 0 amide bonds. The maximum absolute atomic E-state index is 11.4. The molecular formula is C15H18N2O3S2. The van der Waals surface area contributed by atoms with Crippen LogP contribution in [-0.2, 0) is 22.4 Å². The number of thiophene rings is 1. The Hall–Kier alpha value is -1.34. The number of hydrogen-bond donors (Lipinski definition) is 0. The first-order chi connectivity index (χ1) is 10.6. The molecule has 1 aliphatic carbocycles. The normalized spacial score (nSPS) is 18.8. The summed E-state index contributed by atoms with van der Waals surface area (Å²) in [6.45, 7) is 4.04. The molecule has 7 heteroatoms. The molecule has 2 aromatic heterocycles. The topological polar surface area (TPSA) is 65.2 Å². The lowest BCUT2D eigenvalue weighted by molar-refractivity contribution is -0.139. The van der Waals surface area contributed by atoms with Crippen LogP contribution in [0.2, 0.25) is 0 Å². The summed E-state index contributed by atoms with van der Waals surface area (Å²) in [5.74, 6) is 0.974. The molecule has 0 saturated carbocycles. The molecule has 5 nitrogen and oxygen atoms in total. The number of aromatic nitrogens is 2. The van der Waals surface area contributed by atoms with Gasteiger partial charge in [-0.25, -0.2) is 0 Å². The molecule has 0 radical (unpaired) electrons. The Bertz CT molecular complexity index is 680. The molecule has 0 fully saturated rings. The Morgan fingerprint density at radius 1 is 1.55 bits per heavy atom. The van der Waals surface area contributed by atoms with E-state index in [1.807, 2.05) is 0 Å². The fourth-order valence-corrected chi connectivity index (χ4v) is 4.37. The second-order valence-electron chi connectivity index (χ2n) is 5.56. The van der Waals surface area contributed by atoms with E-state index in [0.29, 0.717) is 11.1 Å². The highest BCUT2D eigenvalue weighted by Crippen LogP contribution is 2.37. The molecule has 2 atom stereocenters. The number of thioether (sulfide) groups is 1. The highest BCUT2D eigenvalue weighted by molar-refractivity contribution is 8.00. The average Bonchev–Trinajstić information content (AvgIpc) is 3.12. The Labute approximate surface area is 137 Å². The average molecular weight is 338 g/mol. The van der Waals surface area contributed by atoms with E-state index in [9.17, 15) is 4.79 Å². The molecule has 2 aromatic rings. The monoisotopic (exact) mass is 338 g/mol. The SMILES string of the molecule is COC(=O)[C@H](C)Sc1nnc(-c2cc3c(s2)CC[C@H](C)C3)o1. The van der Waals surface area contributed by atoms with Crippen LogP contribution in [0.5, 0.6) is 0 Å². The van der Waals surface area contributed by atoms with E-state index in [1.54, 1.807) is 18.3 Å². The fraction of sp³-hybridized carbons (Fsp3) is 0.533. The summed E-state index contributed by atoms with van der Waals surface area (Å²) < 4.78 is 10.4. The third kappa shape index (κ3) is 3.20. The summed E-state index contributed by atoms with van der Waals surface area (Å²) in [5, 5.41) is 8.15. The number of carbonyl (C=O) groups is 1. The summed E-state index contributed by atoms with van der Waals surface area (Å²) in [4.78, 5) is 13.9. The Kier molecular flexibility index (Phi) is 4.54. The number of nitrogens with zero attached hydrogens (tertiary/aromatic N) is 2. The minimum absolute atomic E-state index is 0.301. The van der Waals surface area contributed by atoms with Crippen molar-refractivity contribution in [3.63, 3.8) is 0 Å². The summed E-state index contributed by atoms with van der Waals surface area (Å²) in [6, 6.07) is 2.17. The predicted molar refractivity (Wildman–Crippen MR) is 86.1 cm³/mol. The minimum atomic E-state index is -0.365. The number of methoxy groups -OCH3 is 1. The molecule has 0 bridgehead atoms. The zero-order chi connectivity index (χ0) is 15.7. The van der Waals surface area contributed by atoms with Crippen molar-refractivity contribution in [2.75, 3.05) is 7.11 Å². The van der Waals surface area contributed by atoms with E-state index in [4.69, 9.17) is 9.15 Å². The standard InChI is InChI=1S/C15H18N2O3S2/c1-8-4-5-11-10(6-8)7-12(22-11)13-16-17-15(20-13)21-9(2)14(18)19-3/h7-9H,4-6H2,1-3H3/t8-,9-/m0/s1. The third-order valence-corrected chi connectivity index (χ3v) is 5.89. The third-order valence-electron chi connectivity index (χ3n) is 3.76. The van der Waals surface area contributed by atoms with Crippen molar-refractivity contribution in [2.45, 2.75) is 43.6 Å². The second-order valence-corrected chi connectivity index (χ2v) is 7.99. The van der Waals surface area contributed by atoms with E-state index < -0.39 is 0 Å². The Morgan fingerprint density at radius 2 is 2.36 bits per heavy atom. The molecule has 3 rings (SSSR count). The van der Waals surface area contributed by atoms with Crippen LogP contribution < -0.4 is 0 Å². The number of carbonyl (C=O) groups excluding carboxylic acids is 1. The predicted octanol–water partition coefficient (Wildman–Crippen LogP) is 3.58. The minimum Gasteiger partial charge on any atom is -0.468 e. The van der Waals surface area contributed by atoms with Crippen molar-refractivity contribution in [3.05, 3.63) is 16.5 Å². The smallest absolute Gasteiger partial charge is 0.319 e. The highest BCUT2D eigenvalue weighted by atomic mass is 32.2. The van der Waals surface area contributed by atoms with Gasteiger partial charge in [-0.2, -0.15) is 0 Å². The van der Waals surface area contributed by atoms with E-state index >= 15 is 0 Å². The van der Waals surface area contributed by atoms with Crippen LogP contribution in [-0.4, -0.2) is 28.5 Å². The van der Waals surface area contributed by atoms with Crippen molar-refractivity contribution in [1.82, 2.24) is 10.2 Å². The maximum atomic E-state index is 11.4. The van der Waals surface area contributed by atoms with Gasteiger partial charge in [0.2, 0.25) is 0 Å². The van der Waals surface area contributed by atoms with Crippen molar-refractivity contribution >= 4 is 29.1 Å². The summed E-state index contributed by atoms with van der Waals surface area (Å²) in [7, 11) is 1.37. The van der Waals surface area contributed by atoms with Crippen LogP contribution in [0.3, 0.4) is 0 Å². The van der Waals surface area contributed by atoms with Crippen LogP contribution in [0.4, 0.5) is 0 Å². The number of esters is 1. The van der Waals surface area contributed by atoms with Crippen LogP contribution in [0.25, 0.3) is 10.8 Å². The van der Waals surface area contributed by atoms with Gasteiger partial charge in [-0.1, -0.05) is 18.7 Å².